The smallest absolute Gasteiger partial charge is 0.327 e. The average molecular weight is 457 g/mol. The van der Waals surface area contributed by atoms with Crippen LogP contribution in [0.3, 0.4) is 0 Å². The summed E-state index contributed by atoms with van der Waals surface area (Å²) in [5.74, 6) is -3.64. The first-order valence-corrected chi connectivity index (χ1v) is 9.74. The second-order valence-electron chi connectivity index (χ2n) is 6.83. The Balaban J connectivity index is 2.01. The maximum Gasteiger partial charge on any atom is 0.327 e. The van der Waals surface area contributed by atoms with Gasteiger partial charge < -0.3 is 15.1 Å². The molecule has 2 unspecified atom stereocenters. The van der Waals surface area contributed by atoms with E-state index >= 15 is 0 Å². The molecule has 2 heterocycles. The Labute approximate surface area is 167 Å². The molecular weight excluding hydrogens is 440 g/mol. The minimum atomic E-state index is -1.30. The van der Waals surface area contributed by atoms with Crippen molar-refractivity contribution in [3.8, 4) is 0 Å². The van der Waals surface area contributed by atoms with Crippen molar-refractivity contribution in [1.29, 1.82) is 0 Å². The van der Waals surface area contributed by atoms with Crippen LogP contribution in [0.4, 0.5) is 5.69 Å². The molecule has 2 N–H and O–H groups in total. The second-order valence-corrected chi connectivity index (χ2v) is 9.45. The molecule has 3 atom stereocenters. The molecule has 2 aliphatic heterocycles. The molecule has 0 aromatic heterocycles. The zero-order valence-electron chi connectivity index (χ0n) is 14.5. The molecule has 2 amide bonds. The summed E-state index contributed by atoms with van der Waals surface area (Å²) in [4.78, 5) is 50.7. The van der Waals surface area contributed by atoms with Gasteiger partial charge in [-0.1, -0.05) is 12.1 Å². The molecule has 0 aliphatic carbocycles. The molecule has 0 saturated carbocycles. The summed E-state index contributed by atoms with van der Waals surface area (Å²) in [6, 6.07) is 4.74. The molecule has 3 rings (SSSR count). The Bertz CT molecular complexity index is 844. The quantitative estimate of drug-likeness (QED) is 0.512. The van der Waals surface area contributed by atoms with Crippen LogP contribution in [0.5, 0.6) is 0 Å². The number of amides is 2. The average Bonchev–Trinajstić information content (AvgIpc) is 2.80. The first kappa shape index (κ1) is 19.7. The van der Waals surface area contributed by atoms with E-state index in [9.17, 15) is 24.3 Å². The minimum absolute atomic E-state index is 0.374. The number of hydrogen-bond acceptors (Lipinski definition) is 5. The highest BCUT2D eigenvalue weighted by atomic mass is 79.9. The van der Waals surface area contributed by atoms with Gasteiger partial charge in [0.15, 0.2) is 0 Å². The van der Waals surface area contributed by atoms with E-state index in [1.54, 1.807) is 38.1 Å². The zero-order valence-corrected chi connectivity index (χ0v) is 16.9. The van der Waals surface area contributed by atoms with Gasteiger partial charge in [0.1, 0.15) is 23.9 Å². The predicted molar refractivity (Wildman–Crippen MR) is 101 cm³/mol. The lowest BCUT2D eigenvalue weighted by atomic mass is 9.94. The van der Waals surface area contributed by atoms with Gasteiger partial charge >= 0.3 is 11.9 Å². The van der Waals surface area contributed by atoms with Gasteiger partial charge in [0.05, 0.1) is 5.69 Å². The van der Waals surface area contributed by atoms with Crippen LogP contribution < -0.4 is 4.90 Å². The fraction of sp³-hybridized carbons (Fsp3) is 0.412. The molecule has 2 aliphatic rings. The van der Waals surface area contributed by atoms with Crippen LogP contribution in [0.15, 0.2) is 28.7 Å². The summed E-state index contributed by atoms with van der Waals surface area (Å²) in [6.45, 7) is 3.47. The number of anilines is 1. The van der Waals surface area contributed by atoms with Crippen LogP contribution in [0.25, 0.3) is 0 Å². The van der Waals surface area contributed by atoms with Crippen LogP contribution in [-0.2, 0) is 19.2 Å². The molecule has 10 heteroatoms. The molecular formula is C17H17BrN2O6S. The van der Waals surface area contributed by atoms with Gasteiger partial charge in [-0.2, -0.15) is 0 Å². The lowest BCUT2D eigenvalue weighted by Crippen LogP contribution is -2.71. The van der Waals surface area contributed by atoms with Crippen molar-refractivity contribution >= 4 is 57.1 Å². The summed E-state index contributed by atoms with van der Waals surface area (Å²) in [7, 11) is 0. The van der Waals surface area contributed by atoms with E-state index in [1.165, 1.54) is 21.6 Å². The highest BCUT2D eigenvalue weighted by Gasteiger charge is 2.66. The van der Waals surface area contributed by atoms with Crippen LogP contribution in [0.1, 0.15) is 20.3 Å². The monoisotopic (exact) mass is 456 g/mol. The molecule has 0 bridgehead atoms. The SMILES string of the molecule is CC1(C)S[C@@H]2C(N(C(=O)CC(=O)O)c3ccccc3Br)C(=O)N2C1C(=O)O. The predicted octanol–water partition coefficient (Wildman–Crippen LogP) is 1.77. The van der Waals surface area contributed by atoms with E-state index in [2.05, 4.69) is 15.9 Å². The second kappa shape index (κ2) is 6.83. The summed E-state index contributed by atoms with van der Waals surface area (Å²) >= 11 is 4.63. The number of para-hydroxylation sites is 1. The fourth-order valence-electron chi connectivity index (χ4n) is 3.53. The van der Waals surface area contributed by atoms with Gasteiger partial charge in [-0.15, -0.1) is 11.8 Å². The Kier molecular flexibility index (Phi) is 4.98. The molecule has 2 saturated heterocycles. The molecule has 144 valence electrons. The number of carbonyl (C=O) groups excluding carboxylic acids is 2. The number of hydrogen-bond donors (Lipinski definition) is 2. The highest BCUT2D eigenvalue weighted by Crippen LogP contribution is 2.53. The third kappa shape index (κ3) is 3.20. The number of carboxylic acid groups (broad SMARTS) is 2. The highest BCUT2D eigenvalue weighted by molar-refractivity contribution is 9.10. The maximum absolute atomic E-state index is 12.9. The van der Waals surface area contributed by atoms with E-state index in [-0.39, 0.29) is 0 Å². The molecule has 8 nitrogen and oxygen atoms in total. The standard InChI is InChI=1S/C17H17BrN2O6S/c1-17(2)13(16(25)26)20-14(24)12(15(20)27-17)19(10(21)7-11(22)23)9-6-4-3-5-8(9)18/h3-6,12-13,15H,7H2,1-2H3,(H,22,23)(H,25,26)/t12?,13?,15-/m1/s1. The number of fused-ring (bicyclic) bond motifs is 1. The Morgan fingerprint density at radius 1 is 1.26 bits per heavy atom. The van der Waals surface area contributed by atoms with Gasteiger partial charge in [-0.25, -0.2) is 4.79 Å². The van der Waals surface area contributed by atoms with Crippen LogP contribution >= 0.6 is 27.7 Å². The topological polar surface area (TPSA) is 115 Å². The van der Waals surface area contributed by atoms with Gasteiger partial charge in [-0.05, 0) is 41.9 Å². The van der Waals surface area contributed by atoms with Gasteiger partial charge in [-0.3, -0.25) is 19.3 Å². The number of rotatable bonds is 5. The van der Waals surface area contributed by atoms with E-state index in [0.717, 1.165) is 0 Å². The zero-order chi connectivity index (χ0) is 20.1. The van der Waals surface area contributed by atoms with Crippen molar-refractivity contribution in [3.05, 3.63) is 28.7 Å². The normalized spacial score (nSPS) is 25.5. The minimum Gasteiger partial charge on any atom is -0.481 e. The summed E-state index contributed by atoms with van der Waals surface area (Å²) in [6.07, 6.45) is -0.770. The third-order valence-corrected chi connectivity index (χ3v) is 6.84. The Morgan fingerprint density at radius 2 is 1.89 bits per heavy atom. The summed E-state index contributed by atoms with van der Waals surface area (Å²) < 4.78 is -0.205. The molecule has 27 heavy (non-hydrogen) atoms. The molecule has 2 fully saturated rings. The number of thioether (sulfide) groups is 1. The van der Waals surface area contributed by atoms with E-state index in [1.807, 2.05) is 0 Å². The van der Waals surface area contributed by atoms with Crippen LogP contribution in [0.2, 0.25) is 0 Å². The summed E-state index contributed by atoms with van der Waals surface area (Å²) in [5, 5.41) is 18.0. The van der Waals surface area contributed by atoms with Crippen LogP contribution in [-0.4, -0.2) is 61.1 Å². The number of halogens is 1. The van der Waals surface area contributed by atoms with Crippen molar-refractivity contribution in [2.45, 2.75) is 42.5 Å². The van der Waals surface area contributed by atoms with Crippen molar-refractivity contribution in [2.75, 3.05) is 4.90 Å². The largest absolute Gasteiger partial charge is 0.481 e. The van der Waals surface area contributed by atoms with E-state index in [0.29, 0.717) is 10.2 Å². The Hall–Kier alpha value is -2.07. The van der Waals surface area contributed by atoms with E-state index in [4.69, 9.17) is 5.11 Å². The summed E-state index contributed by atoms with van der Waals surface area (Å²) in [5.41, 5.74) is 0.374. The number of benzene rings is 1. The lowest BCUT2D eigenvalue weighted by Gasteiger charge is -2.48. The van der Waals surface area contributed by atoms with Gasteiger partial charge in [0.25, 0.3) is 5.91 Å². The number of nitrogens with zero attached hydrogens (tertiary/aromatic N) is 2. The first-order chi connectivity index (χ1) is 12.6. The first-order valence-electron chi connectivity index (χ1n) is 8.07. The van der Waals surface area contributed by atoms with Crippen molar-refractivity contribution in [1.82, 2.24) is 4.90 Å². The number of β-lactam (4-membered cyclic amide) rings is 1. The number of carboxylic acids is 2. The molecule has 1 aromatic rings. The van der Waals surface area contributed by atoms with Gasteiger partial charge in [0.2, 0.25) is 5.91 Å². The van der Waals surface area contributed by atoms with Gasteiger partial charge in [0, 0.05) is 9.22 Å². The number of carbonyl (C=O) groups is 4. The van der Waals surface area contributed by atoms with Crippen LogP contribution in [0, 0.1) is 0 Å². The molecule has 1 aromatic carbocycles. The van der Waals surface area contributed by atoms with E-state index < -0.39 is 52.4 Å². The molecule has 0 radical (unpaired) electrons. The van der Waals surface area contributed by atoms with Crippen molar-refractivity contribution < 1.29 is 29.4 Å². The fourth-order valence-corrected chi connectivity index (χ4v) is 5.68. The lowest BCUT2D eigenvalue weighted by molar-refractivity contribution is -0.159. The third-order valence-electron chi connectivity index (χ3n) is 4.61. The maximum atomic E-state index is 12.9. The van der Waals surface area contributed by atoms with Crippen molar-refractivity contribution in [3.63, 3.8) is 0 Å². The number of aliphatic carboxylic acids is 2. The molecule has 0 spiro atoms. The van der Waals surface area contributed by atoms with Crippen molar-refractivity contribution in [2.24, 2.45) is 0 Å². The Morgan fingerprint density at radius 3 is 2.44 bits per heavy atom.